The van der Waals surface area contributed by atoms with Crippen LogP contribution in [0.2, 0.25) is 5.02 Å². The van der Waals surface area contributed by atoms with Crippen molar-refractivity contribution in [1.29, 1.82) is 0 Å². The minimum absolute atomic E-state index is 0.0127. The van der Waals surface area contributed by atoms with Crippen molar-refractivity contribution in [2.75, 3.05) is 0 Å². The Morgan fingerprint density at radius 2 is 1.67 bits per heavy atom. The van der Waals surface area contributed by atoms with E-state index in [1.807, 2.05) is 0 Å². The smallest absolute Gasteiger partial charge is 0.388 e. The molecule has 0 aliphatic carbocycles. The van der Waals surface area contributed by atoms with E-state index >= 15 is 0 Å². The lowest BCUT2D eigenvalue weighted by molar-refractivity contribution is -0.140. The largest absolute Gasteiger partial charge is 0.419 e. The molecule has 112 valence electrons. The summed E-state index contributed by atoms with van der Waals surface area (Å²) in [4.78, 5) is 0. The maximum Gasteiger partial charge on any atom is 0.419 e. The summed E-state index contributed by atoms with van der Waals surface area (Å²) in [6.07, 6.45) is -5.84. The van der Waals surface area contributed by atoms with Gasteiger partial charge in [0.05, 0.1) is 11.7 Å². The molecule has 21 heavy (non-hydrogen) atoms. The molecular formula is C15H11ClF4O. The highest BCUT2D eigenvalue weighted by Gasteiger charge is 2.34. The number of benzene rings is 2. The standard InChI is InChI=1S/C15H11ClF4O/c16-11-4-1-9(2-5-11)7-14(21)10-3-6-13(17)12(8-10)15(18,19)20/h1-6,8,14,21H,7H2. The molecule has 6 heteroatoms. The molecule has 0 saturated carbocycles. The second-order valence-electron chi connectivity index (χ2n) is 4.58. The van der Waals surface area contributed by atoms with Crippen LogP contribution in [-0.4, -0.2) is 5.11 Å². The molecule has 1 unspecified atom stereocenters. The predicted molar refractivity (Wildman–Crippen MR) is 71.5 cm³/mol. The fourth-order valence-electron chi connectivity index (χ4n) is 1.93. The number of aliphatic hydroxyl groups excluding tert-OH is 1. The lowest BCUT2D eigenvalue weighted by Crippen LogP contribution is -2.10. The molecule has 2 aromatic carbocycles. The van der Waals surface area contributed by atoms with Crippen LogP contribution < -0.4 is 0 Å². The van der Waals surface area contributed by atoms with Gasteiger partial charge in [0.25, 0.3) is 0 Å². The van der Waals surface area contributed by atoms with E-state index in [4.69, 9.17) is 11.6 Å². The van der Waals surface area contributed by atoms with E-state index < -0.39 is 23.7 Å². The third-order valence-electron chi connectivity index (χ3n) is 3.02. The molecule has 0 bridgehead atoms. The van der Waals surface area contributed by atoms with Crippen molar-refractivity contribution in [2.24, 2.45) is 0 Å². The molecule has 2 rings (SSSR count). The van der Waals surface area contributed by atoms with Gasteiger partial charge in [-0.1, -0.05) is 29.8 Å². The Bertz CT molecular complexity index is 623. The third-order valence-corrected chi connectivity index (χ3v) is 3.27. The monoisotopic (exact) mass is 318 g/mol. The van der Waals surface area contributed by atoms with Crippen molar-refractivity contribution >= 4 is 11.6 Å². The number of rotatable bonds is 3. The van der Waals surface area contributed by atoms with Crippen LogP contribution in [0, 0.1) is 5.82 Å². The number of aliphatic hydroxyl groups is 1. The summed E-state index contributed by atoms with van der Waals surface area (Å²) in [5.41, 5.74) is -0.654. The van der Waals surface area contributed by atoms with E-state index in [-0.39, 0.29) is 12.0 Å². The highest BCUT2D eigenvalue weighted by molar-refractivity contribution is 6.30. The van der Waals surface area contributed by atoms with Crippen molar-refractivity contribution < 1.29 is 22.7 Å². The van der Waals surface area contributed by atoms with Crippen LogP contribution in [0.5, 0.6) is 0 Å². The maximum atomic E-state index is 13.2. The number of alkyl halides is 3. The first-order valence-electron chi connectivity index (χ1n) is 6.06. The fraction of sp³-hybridized carbons (Fsp3) is 0.200. The van der Waals surface area contributed by atoms with E-state index in [9.17, 15) is 22.7 Å². The average molecular weight is 319 g/mol. The van der Waals surface area contributed by atoms with Crippen LogP contribution in [0.4, 0.5) is 17.6 Å². The molecule has 1 atom stereocenters. The Morgan fingerprint density at radius 1 is 1.05 bits per heavy atom. The van der Waals surface area contributed by atoms with Crippen molar-refractivity contribution in [2.45, 2.75) is 18.7 Å². The van der Waals surface area contributed by atoms with Crippen LogP contribution in [0.3, 0.4) is 0 Å². The molecule has 0 aliphatic rings. The van der Waals surface area contributed by atoms with Crippen molar-refractivity contribution in [3.05, 3.63) is 70.0 Å². The first kappa shape index (κ1) is 15.8. The van der Waals surface area contributed by atoms with Gasteiger partial charge in [0.1, 0.15) is 5.82 Å². The Hall–Kier alpha value is -1.59. The first-order valence-corrected chi connectivity index (χ1v) is 6.44. The van der Waals surface area contributed by atoms with Gasteiger partial charge >= 0.3 is 6.18 Å². The predicted octanol–water partition coefficient (Wildman–Crippen LogP) is 4.77. The molecule has 1 N–H and O–H groups in total. The number of halogens is 5. The summed E-state index contributed by atoms with van der Waals surface area (Å²) in [6.45, 7) is 0. The third kappa shape index (κ3) is 3.95. The fourth-order valence-corrected chi connectivity index (χ4v) is 2.05. The zero-order chi connectivity index (χ0) is 15.6. The van der Waals surface area contributed by atoms with Gasteiger partial charge in [-0.3, -0.25) is 0 Å². The molecule has 0 radical (unpaired) electrons. The molecule has 0 aliphatic heterocycles. The average Bonchev–Trinajstić information content (AvgIpc) is 2.40. The van der Waals surface area contributed by atoms with Gasteiger partial charge in [-0.15, -0.1) is 0 Å². The molecule has 0 heterocycles. The Labute approximate surface area is 123 Å². The van der Waals surface area contributed by atoms with Crippen molar-refractivity contribution in [1.82, 2.24) is 0 Å². The molecule has 1 nitrogen and oxygen atoms in total. The molecular weight excluding hydrogens is 308 g/mol. The minimum Gasteiger partial charge on any atom is -0.388 e. The Morgan fingerprint density at radius 3 is 2.24 bits per heavy atom. The van der Waals surface area contributed by atoms with E-state index in [1.165, 1.54) is 0 Å². The summed E-state index contributed by atoms with van der Waals surface area (Å²) in [5.74, 6) is -1.36. The molecule has 0 saturated heterocycles. The molecule has 0 amide bonds. The zero-order valence-electron chi connectivity index (χ0n) is 10.7. The van der Waals surface area contributed by atoms with Gasteiger partial charge in [0.2, 0.25) is 0 Å². The van der Waals surface area contributed by atoms with Crippen molar-refractivity contribution in [3.8, 4) is 0 Å². The van der Waals surface area contributed by atoms with Crippen LogP contribution >= 0.6 is 11.6 Å². The van der Waals surface area contributed by atoms with E-state index in [0.29, 0.717) is 22.7 Å². The summed E-state index contributed by atoms with van der Waals surface area (Å²) in [5, 5.41) is 10.5. The van der Waals surface area contributed by atoms with Gasteiger partial charge in [-0.25, -0.2) is 4.39 Å². The lowest BCUT2D eigenvalue weighted by atomic mass is 9.99. The molecule has 0 aromatic heterocycles. The summed E-state index contributed by atoms with van der Waals surface area (Å²) < 4.78 is 51.1. The van der Waals surface area contributed by atoms with Gasteiger partial charge in [0, 0.05) is 11.4 Å². The SMILES string of the molecule is OC(Cc1ccc(Cl)cc1)c1ccc(F)c(C(F)(F)F)c1. The summed E-state index contributed by atoms with van der Waals surface area (Å²) in [6, 6.07) is 9.06. The second-order valence-corrected chi connectivity index (χ2v) is 5.02. The minimum atomic E-state index is -4.79. The molecule has 2 aromatic rings. The highest BCUT2D eigenvalue weighted by atomic mass is 35.5. The first-order chi connectivity index (χ1) is 9.77. The summed E-state index contributed by atoms with van der Waals surface area (Å²) in [7, 11) is 0. The number of hydrogen-bond acceptors (Lipinski definition) is 1. The number of hydrogen-bond donors (Lipinski definition) is 1. The van der Waals surface area contributed by atoms with Gasteiger partial charge < -0.3 is 5.11 Å². The normalized spacial score (nSPS) is 13.2. The van der Waals surface area contributed by atoms with Gasteiger partial charge in [-0.2, -0.15) is 13.2 Å². The Balaban J connectivity index is 2.23. The van der Waals surface area contributed by atoms with Gasteiger partial charge in [-0.05, 0) is 35.4 Å². The quantitative estimate of drug-likeness (QED) is 0.808. The maximum absolute atomic E-state index is 13.2. The van der Waals surface area contributed by atoms with Crippen LogP contribution in [-0.2, 0) is 12.6 Å². The van der Waals surface area contributed by atoms with Crippen LogP contribution in [0.1, 0.15) is 22.8 Å². The van der Waals surface area contributed by atoms with E-state index in [1.54, 1.807) is 24.3 Å². The Kier molecular flexibility index (Phi) is 4.54. The zero-order valence-corrected chi connectivity index (χ0v) is 11.4. The van der Waals surface area contributed by atoms with Crippen molar-refractivity contribution in [3.63, 3.8) is 0 Å². The molecule has 0 fully saturated rings. The van der Waals surface area contributed by atoms with E-state index in [2.05, 4.69) is 0 Å². The van der Waals surface area contributed by atoms with Crippen LogP contribution in [0.15, 0.2) is 42.5 Å². The second kappa shape index (κ2) is 6.03. The van der Waals surface area contributed by atoms with E-state index in [0.717, 1.165) is 6.07 Å². The van der Waals surface area contributed by atoms with Gasteiger partial charge in [0.15, 0.2) is 0 Å². The topological polar surface area (TPSA) is 20.2 Å². The molecule has 0 spiro atoms. The highest BCUT2D eigenvalue weighted by Crippen LogP contribution is 2.33. The summed E-state index contributed by atoms with van der Waals surface area (Å²) >= 11 is 5.72. The lowest BCUT2D eigenvalue weighted by Gasteiger charge is -2.14. The van der Waals surface area contributed by atoms with Crippen LogP contribution in [0.25, 0.3) is 0 Å².